The summed E-state index contributed by atoms with van der Waals surface area (Å²) in [4.78, 5) is 0. The molecule has 0 aromatic carbocycles. The van der Waals surface area contributed by atoms with Crippen molar-refractivity contribution in [3.63, 3.8) is 0 Å². The molecule has 0 aliphatic carbocycles. The van der Waals surface area contributed by atoms with Gasteiger partial charge in [0.1, 0.15) is 11.5 Å². The van der Waals surface area contributed by atoms with Gasteiger partial charge in [0.2, 0.25) is 0 Å². The zero-order chi connectivity index (χ0) is 10.8. The fourth-order valence-corrected chi connectivity index (χ4v) is 1.50. The summed E-state index contributed by atoms with van der Waals surface area (Å²) in [5, 5.41) is 15.3. The lowest BCUT2D eigenvalue weighted by molar-refractivity contribution is 0.855. The summed E-state index contributed by atoms with van der Waals surface area (Å²) in [5.74, 6) is 1.70. The Kier molecular flexibility index (Phi) is 2.53. The third-order valence-corrected chi connectivity index (χ3v) is 2.47. The number of hydrogen-bond donors (Lipinski definition) is 1. The molecule has 0 bridgehead atoms. The lowest BCUT2D eigenvalue weighted by atomic mass is 10.2. The fourth-order valence-electron chi connectivity index (χ4n) is 1.50. The Morgan fingerprint density at radius 2 is 2.20 bits per heavy atom. The van der Waals surface area contributed by atoms with Gasteiger partial charge in [-0.3, -0.25) is 5.10 Å². The minimum atomic E-state index is 0.811. The van der Waals surface area contributed by atoms with Crippen LogP contribution in [0.1, 0.15) is 24.9 Å². The summed E-state index contributed by atoms with van der Waals surface area (Å²) in [6, 6.07) is 2.03. The highest BCUT2D eigenvalue weighted by molar-refractivity contribution is 5.49. The van der Waals surface area contributed by atoms with Gasteiger partial charge in [0.05, 0.1) is 0 Å². The zero-order valence-corrected chi connectivity index (χ0v) is 9.28. The van der Waals surface area contributed by atoms with Gasteiger partial charge in [0.15, 0.2) is 5.82 Å². The molecule has 0 saturated carbocycles. The number of nitrogens with one attached hydrogen (secondary N) is 1. The lowest BCUT2D eigenvalue weighted by Crippen LogP contribution is -1.94. The molecule has 0 amide bonds. The van der Waals surface area contributed by atoms with Gasteiger partial charge < -0.3 is 4.57 Å². The SMILES string of the molecule is CCCc1cc(-c2nnc(C)n2C)n[nH]1. The molecule has 2 aromatic rings. The third kappa shape index (κ3) is 1.77. The number of aromatic amines is 1. The average Bonchev–Trinajstić information content (AvgIpc) is 2.77. The van der Waals surface area contributed by atoms with E-state index in [4.69, 9.17) is 0 Å². The predicted molar refractivity (Wildman–Crippen MR) is 57.3 cm³/mol. The molecular formula is C10H15N5. The number of hydrogen-bond acceptors (Lipinski definition) is 3. The Bertz CT molecular complexity index is 454. The number of aromatic nitrogens is 5. The molecule has 5 nitrogen and oxygen atoms in total. The van der Waals surface area contributed by atoms with E-state index in [0.717, 1.165) is 35.9 Å². The first-order chi connectivity index (χ1) is 7.22. The Morgan fingerprint density at radius 1 is 1.40 bits per heavy atom. The van der Waals surface area contributed by atoms with Crippen molar-refractivity contribution in [3.8, 4) is 11.5 Å². The smallest absolute Gasteiger partial charge is 0.184 e. The Balaban J connectivity index is 2.33. The maximum Gasteiger partial charge on any atom is 0.184 e. The van der Waals surface area contributed by atoms with Gasteiger partial charge in [-0.2, -0.15) is 5.10 Å². The van der Waals surface area contributed by atoms with Crippen molar-refractivity contribution in [2.75, 3.05) is 0 Å². The molecule has 0 aliphatic rings. The maximum absolute atomic E-state index is 4.23. The number of aryl methyl sites for hydroxylation is 2. The van der Waals surface area contributed by atoms with Crippen molar-refractivity contribution in [2.24, 2.45) is 7.05 Å². The summed E-state index contributed by atoms with van der Waals surface area (Å²) in [5.41, 5.74) is 2.01. The summed E-state index contributed by atoms with van der Waals surface area (Å²) in [7, 11) is 1.94. The van der Waals surface area contributed by atoms with E-state index < -0.39 is 0 Å². The third-order valence-electron chi connectivity index (χ3n) is 2.47. The van der Waals surface area contributed by atoms with Gasteiger partial charge in [-0.1, -0.05) is 13.3 Å². The standard InChI is InChI=1S/C10H15N5/c1-4-5-8-6-9(13-12-8)10-14-11-7(2)15(10)3/h6H,4-5H2,1-3H3,(H,12,13). The van der Waals surface area contributed by atoms with Crippen molar-refractivity contribution in [1.82, 2.24) is 25.0 Å². The number of rotatable bonds is 3. The Morgan fingerprint density at radius 3 is 2.80 bits per heavy atom. The van der Waals surface area contributed by atoms with Crippen LogP contribution in [0.15, 0.2) is 6.07 Å². The minimum Gasteiger partial charge on any atom is -0.313 e. The first-order valence-corrected chi connectivity index (χ1v) is 5.13. The van der Waals surface area contributed by atoms with E-state index in [2.05, 4.69) is 27.3 Å². The van der Waals surface area contributed by atoms with Crippen LogP contribution in [0.3, 0.4) is 0 Å². The zero-order valence-electron chi connectivity index (χ0n) is 9.28. The van der Waals surface area contributed by atoms with Crippen LogP contribution in [-0.2, 0) is 13.5 Å². The van der Waals surface area contributed by atoms with Crippen molar-refractivity contribution >= 4 is 0 Å². The molecule has 0 unspecified atom stereocenters. The molecule has 0 fully saturated rings. The molecule has 2 rings (SSSR count). The van der Waals surface area contributed by atoms with Crippen LogP contribution < -0.4 is 0 Å². The van der Waals surface area contributed by atoms with Crippen molar-refractivity contribution in [2.45, 2.75) is 26.7 Å². The van der Waals surface area contributed by atoms with E-state index >= 15 is 0 Å². The second-order valence-electron chi connectivity index (χ2n) is 3.66. The van der Waals surface area contributed by atoms with E-state index in [1.165, 1.54) is 0 Å². The van der Waals surface area contributed by atoms with E-state index in [0.29, 0.717) is 0 Å². The predicted octanol–water partition coefficient (Wildman–Crippen LogP) is 1.47. The van der Waals surface area contributed by atoms with Crippen molar-refractivity contribution in [3.05, 3.63) is 17.6 Å². The Hall–Kier alpha value is -1.65. The monoisotopic (exact) mass is 205 g/mol. The van der Waals surface area contributed by atoms with Crippen LogP contribution in [0.25, 0.3) is 11.5 Å². The summed E-state index contributed by atoms with van der Waals surface area (Å²) in [6.45, 7) is 4.07. The van der Waals surface area contributed by atoms with Crippen LogP contribution >= 0.6 is 0 Å². The van der Waals surface area contributed by atoms with Crippen molar-refractivity contribution < 1.29 is 0 Å². The first-order valence-electron chi connectivity index (χ1n) is 5.13. The minimum absolute atomic E-state index is 0.811. The molecule has 15 heavy (non-hydrogen) atoms. The largest absolute Gasteiger partial charge is 0.313 e. The van der Waals surface area contributed by atoms with Gasteiger partial charge in [-0.25, -0.2) is 0 Å². The maximum atomic E-state index is 4.23. The molecular weight excluding hydrogens is 190 g/mol. The van der Waals surface area contributed by atoms with Crippen LogP contribution in [0.4, 0.5) is 0 Å². The second kappa shape index (κ2) is 3.84. The van der Waals surface area contributed by atoms with Crippen LogP contribution in [0.2, 0.25) is 0 Å². The molecule has 0 saturated heterocycles. The van der Waals surface area contributed by atoms with Gasteiger partial charge >= 0.3 is 0 Å². The van der Waals surface area contributed by atoms with Gasteiger partial charge in [0, 0.05) is 12.7 Å². The van der Waals surface area contributed by atoms with Crippen LogP contribution in [-0.4, -0.2) is 25.0 Å². The van der Waals surface area contributed by atoms with Gasteiger partial charge in [-0.05, 0) is 19.4 Å². The number of nitrogens with zero attached hydrogens (tertiary/aromatic N) is 4. The summed E-state index contributed by atoms with van der Waals surface area (Å²) in [6.07, 6.45) is 2.13. The lowest BCUT2D eigenvalue weighted by Gasteiger charge is -1.95. The highest BCUT2D eigenvalue weighted by Crippen LogP contribution is 2.15. The molecule has 0 aliphatic heterocycles. The molecule has 0 spiro atoms. The topological polar surface area (TPSA) is 59.4 Å². The average molecular weight is 205 g/mol. The molecule has 0 atom stereocenters. The molecule has 1 N–H and O–H groups in total. The van der Waals surface area contributed by atoms with Gasteiger partial charge in [-0.15, -0.1) is 10.2 Å². The van der Waals surface area contributed by atoms with E-state index in [-0.39, 0.29) is 0 Å². The van der Waals surface area contributed by atoms with E-state index in [1.807, 2.05) is 24.6 Å². The summed E-state index contributed by atoms with van der Waals surface area (Å²) < 4.78 is 1.94. The highest BCUT2D eigenvalue weighted by atomic mass is 15.3. The molecule has 2 aromatic heterocycles. The van der Waals surface area contributed by atoms with Crippen molar-refractivity contribution in [1.29, 1.82) is 0 Å². The first kappa shape index (κ1) is 9.89. The normalized spacial score (nSPS) is 10.9. The number of H-pyrrole nitrogens is 1. The fraction of sp³-hybridized carbons (Fsp3) is 0.500. The highest BCUT2D eigenvalue weighted by Gasteiger charge is 2.10. The molecule has 2 heterocycles. The quantitative estimate of drug-likeness (QED) is 0.825. The molecule has 80 valence electrons. The molecule has 0 radical (unpaired) electrons. The van der Waals surface area contributed by atoms with E-state index in [1.54, 1.807) is 0 Å². The molecule has 5 heteroatoms. The van der Waals surface area contributed by atoms with Crippen LogP contribution in [0, 0.1) is 6.92 Å². The van der Waals surface area contributed by atoms with Crippen LogP contribution in [0.5, 0.6) is 0 Å². The second-order valence-corrected chi connectivity index (χ2v) is 3.66. The summed E-state index contributed by atoms with van der Waals surface area (Å²) >= 11 is 0. The Labute approximate surface area is 88.5 Å². The van der Waals surface area contributed by atoms with E-state index in [9.17, 15) is 0 Å². The van der Waals surface area contributed by atoms with Gasteiger partial charge in [0.25, 0.3) is 0 Å².